The van der Waals surface area contributed by atoms with Crippen molar-refractivity contribution < 1.29 is 9.53 Å². The number of anilines is 1. The SMILES string of the molecule is CCN(CC)CC(C)Nc1cc(C(=O)OC)ccn1. The molecule has 1 rings (SSSR count). The van der Waals surface area contributed by atoms with Gasteiger partial charge in [0.2, 0.25) is 0 Å². The van der Waals surface area contributed by atoms with Gasteiger partial charge in [-0.25, -0.2) is 9.78 Å². The highest BCUT2D eigenvalue weighted by molar-refractivity contribution is 5.89. The monoisotopic (exact) mass is 265 g/mol. The summed E-state index contributed by atoms with van der Waals surface area (Å²) in [5.74, 6) is 0.351. The number of esters is 1. The Hall–Kier alpha value is -1.62. The molecule has 5 nitrogen and oxygen atoms in total. The highest BCUT2D eigenvalue weighted by Crippen LogP contribution is 2.09. The van der Waals surface area contributed by atoms with Crippen LogP contribution in [0.3, 0.4) is 0 Å². The number of nitrogens with zero attached hydrogens (tertiary/aromatic N) is 2. The maximum atomic E-state index is 11.4. The lowest BCUT2D eigenvalue weighted by Crippen LogP contribution is -2.34. The van der Waals surface area contributed by atoms with Crippen LogP contribution in [-0.2, 0) is 4.74 Å². The Balaban J connectivity index is 2.63. The highest BCUT2D eigenvalue weighted by Gasteiger charge is 2.10. The molecule has 0 aromatic carbocycles. The van der Waals surface area contributed by atoms with E-state index in [4.69, 9.17) is 4.74 Å². The van der Waals surface area contributed by atoms with E-state index >= 15 is 0 Å². The second kappa shape index (κ2) is 7.74. The smallest absolute Gasteiger partial charge is 0.338 e. The van der Waals surface area contributed by atoms with Crippen molar-refractivity contribution in [2.24, 2.45) is 0 Å². The van der Waals surface area contributed by atoms with Crippen molar-refractivity contribution in [3.8, 4) is 0 Å². The van der Waals surface area contributed by atoms with Gasteiger partial charge in [0.1, 0.15) is 5.82 Å². The summed E-state index contributed by atoms with van der Waals surface area (Å²) in [5.41, 5.74) is 0.509. The van der Waals surface area contributed by atoms with Crippen molar-refractivity contribution in [1.29, 1.82) is 0 Å². The van der Waals surface area contributed by atoms with Crippen LogP contribution in [0.2, 0.25) is 0 Å². The Bertz CT molecular complexity index is 405. The van der Waals surface area contributed by atoms with Crippen LogP contribution in [0.5, 0.6) is 0 Å². The molecule has 0 aliphatic carbocycles. The molecule has 1 heterocycles. The second-order valence-corrected chi connectivity index (χ2v) is 4.45. The van der Waals surface area contributed by atoms with Crippen molar-refractivity contribution in [2.45, 2.75) is 26.8 Å². The maximum absolute atomic E-state index is 11.4. The van der Waals surface area contributed by atoms with E-state index in [9.17, 15) is 4.79 Å². The quantitative estimate of drug-likeness (QED) is 0.764. The Morgan fingerprint density at radius 3 is 2.74 bits per heavy atom. The lowest BCUT2D eigenvalue weighted by atomic mass is 10.2. The van der Waals surface area contributed by atoms with Crippen molar-refractivity contribution in [2.75, 3.05) is 32.1 Å². The van der Waals surface area contributed by atoms with Gasteiger partial charge in [-0.1, -0.05) is 13.8 Å². The number of nitrogens with one attached hydrogen (secondary N) is 1. The normalized spacial score (nSPS) is 12.3. The number of hydrogen-bond donors (Lipinski definition) is 1. The number of carbonyl (C=O) groups is 1. The van der Waals surface area contributed by atoms with E-state index in [0.717, 1.165) is 19.6 Å². The van der Waals surface area contributed by atoms with Gasteiger partial charge in [0.25, 0.3) is 0 Å². The minimum Gasteiger partial charge on any atom is -0.465 e. The molecule has 1 aromatic heterocycles. The van der Waals surface area contributed by atoms with E-state index in [-0.39, 0.29) is 12.0 Å². The maximum Gasteiger partial charge on any atom is 0.338 e. The third-order valence-corrected chi connectivity index (χ3v) is 3.00. The van der Waals surface area contributed by atoms with Gasteiger partial charge in [-0.2, -0.15) is 0 Å². The molecule has 0 aliphatic heterocycles. The van der Waals surface area contributed by atoms with Gasteiger partial charge in [0.15, 0.2) is 0 Å². The Morgan fingerprint density at radius 2 is 2.16 bits per heavy atom. The summed E-state index contributed by atoms with van der Waals surface area (Å²) in [6, 6.07) is 3.62. The van der Waals surface area contributed by atoms with Crippen molar-refractivity contribution in [1.82, 2.24) is 9.88 Å². The van der Waals surface area contributed by atoms with Gasteiger partial charge in [-0.05, 0) is 32.1 Å². The average molecular weight is 265 g/mol. The molecule has 5 heteroatoms. The fourth-order valence-electron chi connectivity index (χ4n) is 1.92. The van der Waals surface area contributed by atoms with Gasteiger partial charge in [-0.3, -0.25) is 0 Å². The number of hydrogen-bond acceptors (Lipinski definition) is 5. The minimum atomic E-state index is -0.346. The molecule has 0 radical (unpaired) electrons. The van der Waals surface area contributed by atoms with E-state index < -0.39 is 0 Å². The molecule has 19 heavy (non-hydrogen) atoms. The number of carbonyl (C=O) groups excluding carboxylic acids is 1. The summed E-state index contributed by atoms with van der Waals surface area (Å²) in [5, 5.41) is 3.30. The van der Waals surface area contributed by atoms with Crippen LogP contribution in [0.15, 0.2) is 18.3 Å². The van der Waals surface area contributed by atoms with Gasteiger partial charge < -0.3 is 15.0 Å². The fraction of sp³-hybridized carbons (Fsp3) is 0.571. The predicted molar refractivity (Wildman–Crippen MR) is 76.4 cm³/mol. The summed E-state index contributed by atoms with van der Waals surface area (Å²) >= 11 is 0. The summed E-state index contributed by atoms with van der Waals surface area (Å²) < 4.78 is 4.69. The highest BCUT2D eigenvalue weighted by atomic mass is 16.5. The van der Waals surface area contributed by atoms with Crippen molar-refractivity contribution in [3.05, 3.63) is 23.9 Å². The molecule has 0 spiro atoms. The molecular weight excluding hydrogens is 242 g/mol. The summed E-state index contributed by atoms with van der Waals surface area (Å²) in [4.78, 5) is 18.0. The standard InChI is InChI=1S/C14H23N3O2/c1-5-17(6-2)10-11(3)16-13-9-12(7-8-15-13)14(18)19-4/h7-9,11H,5-6,10H2,1-4H3,(H,15,16). The van der Waals surface area contributed by atoms with Crippen molar-refractivity contribution >= 4 is 11.8 Å². The summed E-state index contributed by atoms with van der Waals surface area (Å²) in [7, 11) is 1.37. The number of aromatic nitrogens is 1. The number of ether oxygens (including phenoxy) is 1. The lowest BCUT2D eigenvalue weighted by molar-refractivity contribution is 0.0600. The van der Waals surface area contributed by atoms with Gasteiger partial charge in [-0.15, -0.1) is 0 Å². The van der Waals surface area contributed by atoms with Gasteiger partial charge in [0.05, 0.1) is 12.7 Å². The zero-order valence-corrected chi connectivity index (χ0v) is 12.1. The van der Waals surface area contributed by atoms with E-state index in [2.05, 4.69) is 36.0 Å². The molecule has 0 saturated heterocycles. The Morgan fingerprint density at radius 1 is 1.47 bits per heavy atom. The number of rotatable bonds is 7. The molecule has 0 fully saturated rings. The first-order valence-electron chi connectivity index (χ1n) is 6.63. The van der Waals surface area contributed by atoms with Crippen LogP contribution in [0.25, 0.3) is 0 Å². The lowest BCUT2D eigenvalue weighted by Gasteiger charge is -2.23. The van der Waals surface area contributed by atoms with Crippen LogP contribution in [0.4, 0.5) is 5.82 Å². The van der Waals surface area contributed by atoms with Crippen LogP contribution in [0.1, 0.15) is 31.1 Å². The largest absolute Gasteiger partial charge is 0.465 e. The third kappa shape index (κ3) is 4.87. The fourth-order valence-corrected chi connectivity index (χ4v) is 1.92. The number of methoxy groups -OCH3 is 1. The van der Waals surface area contributed by atoms with E-state index in [0.29, 0.717) is 11.4 Å². The van der Waals surface area contributed by atoms with E-state index in [1.807, 2.05) is 0 Å². The van der Waals surface area contributed by atoms with E-state index in [1.165, 1.54) is 7.11 Å². The molecular formula is C14H23N3O2. The molecule has 1 unspecified atom stereocenters. The molecule has 0 saturated carbocycles. The average Bonchev–Trinajstić information content (AvgIpc) is 2.44. The predicted octanol–water partition coefficient (Wildman–Crippen LogP) is 2.01. The zero-order valence-electron chi connectivity index (χ0n) is 12.1. The molecule has 106 valence electrons. The Labute approximate surface area is 115 Å². The van der Waals surface area contributed by atoms with Crippen LogP contribution in [0, 0.1) is 0 Å². The van der Waals surface area contributed by atoms with Crippen LogP contribution in [-0.4, -0.2) is 48.6 Å². The van der Waals surface area contributed by atoms with E-state index in [1.54, 1.807) is 18.3 Å². The molecule has 1 N–H and O–H groups in total. The molecule has 1 atom stereocenters. The molecule has 0 bridgehead atoms. The van der Waals surface area contributed by atoms with Gasteiger partial charge >= 0.3 is 5.97 Å². The third-order valence-electron chi connectivity index (χ3n) is 3.00. The van der Waals surface area contributed by atoms with Crippen LogP contribution >= 0.6 is 0 Å². The first kappa shape index (κ1) is 15.4. The minimum absolute atomic E-state index is 0.264. The molecule has 1 aromatic rings. The first-order valence-corrected chi connectivity index (χ1v) is 6.63. The Kier molecular flexibility index (Phi) is 6.29. The topological polar surface area (TPSA) is 54.5 Å². The molecule has 0 amide bonds. The summed E-state index contributed by atoms with van der Waals surface area (Å²) in [6.45, 7) is 9.39. The number of likely N-dealkylation sites (N-methyl/N-ethyl adjacent to an activating group) is 1. The second-order valence-electron chi connectivity index (χ2n) is 4.45. The molecule has 0 aliphatic rings. The summed E-state index contributed by atoms with van der Waals surface area (Å²) in [6.07, 6.45) is 1.61. The number of pyridine rings is 1. The zero-order chi connectivity index (χ0) is 14.3. The van der Waals surface area contributed by atoms with Crippen molar-refractivity contribution in [3.63, 3.8) is 0 Å². The first-order chi connectivity index (χ1) is 9.10. The van der Waals surface area contributed by atoms with Crippen LogP contribution < -0.4 is 5.32 Å². The van der Waals surface area contributed by atoms with Gasteiger partial charge in [0, 0.05) is 18.8 Å².